The number of benzene rings is 1. The van der Waals surface area contributed by atoms with Gasteiger partial charge >= 0.3 is 0 Å². The molecular formula is C15H20N2OS. The van der Waals surface area contributed by atoms with Crippen LogP contribution in [0.3, 0.4) is 0 Å². The van der Waals surface area contributed by atoms with E-state index in [9.17, 15) is 0 Å². The van der Waals surface area contributed by atoms with Crippen LogP contribution < -0.4 is 10.1 Å². The number of thiazole rings is 1. The average molecular weight is 276 g/mol. The molecule has 0 aliphatic rings. The largest absolute Gasteiger partial charge is 0.497 e. The van der Waals surface area contributed by atoms with E-state index in [4.69, 9.17) is 4.74 Å². The van der Waals surface area contributed by atoms with Gasteiger partial charge in [-0.05, 0) is 38.5 Å². The van der Waals surface area contributed by atoms with Crippen molar-refractivity contribution in [2.24, 2.45) is 0 Å². The summed E-state index contributed by atoms with van der Waals surface area (Å²) < 4.78 is 5.26. The summed E-state index contributed by atoms with van der Waals surface area (Å²) in [7, 11) is 1.69. The van der Waals surface area contributed by atoms with Gasteiger partial charge in [0, 0.05) is 17.5 Å². The second-order valence-corrected chi connectivity index (χ2v) is 5.74. The van der Waals surface area contributed by atoms with E-state index < -0.39 is 0 Å². The molecule has 0 saturated heterocycles. The minimum atomic E-state index is 0.242. The Bertz CT molecular complexity index is 538. The third kappa shape index (κ3) is 3.55. The minimum absolute atomic E-state index is 0.242. The monoisotopic (exact) mass is 276 g/mol. The fourth-order valence-electron chi connectivity index (χ4n) is 2.05. The van der Waals surface area contributed by atoms with Crippen LogP contribution in [0.1, 0.15) is 42.2 Å². The molecular weight excluding hydrogens is 256 g/mol. The van der Waals surface area contributed by atoms with Gasteiger partial charge in [0.15, 0.2) is 0 Å². The first-order valence-electron chi connectivity index (χ1n) is 6.42. The van der Waals surface area contributed by atoms with Crippen LogP contribution in [0, 0.1) is 6.92 Å². The first-order chi connectivity index (χ1) is 9.10. The van der Waals surface area contributed by atoms with E-state index in [1.165, 1.54) is 5.56 Å². The number of rotatable bonds is 5. The summed E-state index contributed by atoms with van der Waals surface area (Å²) in [4.78, 5) is 4.52. The van der Waals surface area contributed by atoms with Crippen molar-refractivity contribution in [3.63, 3.8) is 0 Å². The van der Waals surface area contributed by atoms with E-state index in [2.05, 4.69) is 41.7 Å². The van der Waals surface area contributed by atoms with E-state index in [1.807, 2.05) is 19.1 Å². The number of aromatic nitrogens is 1. The normalized spacial score (nSPS) is 14.1. The van der Waals surface area contributed by atoms with Gasteiger partial charge in [0.05, 0.1) is 17.8 Å². The van der Waals surface area contributed by atoms with Crippen molar-refractivity contribution in [3.8, 4) is 5.75 Å². The molecule has 1 aromatic heterocycles. The van der Waals surface area contributed by atoms with Crippen LogP contribution in [0.25, 0.3) is 0 Å². The molecule has 0 saturated carbocycles. The highest BCUT2D eigenvalue weighted by atomic mass is 32.1. The number of aryl methyl sites for hydroxylation is 1. The molecule has 1 N–H and O–H groups in total. The van der Waals surface area contributed by atoms with E-state index in [-0.39, 0.29) is 12.1 Å². The third-order valence-corrected chi connectivity index (χ3v) is 3.97. The second-order valence-electron chi connectivity index (χ2n) is 4.68. The Morgan fingerprint density at radius 2 is 2.05 bits per heavy atom. The molecule has 19 heavy (non-hydrogen) atoms. The molecule has 2 rings (SSSR count). The number of ether oxygens (including phenoxy) is 1. The predicted molar refractivity (Wildman–Crippen MR) is 79.8 cm³/mol. The zero-order valence-corrected chi connectivity index (χ0v) is 12.6. The summed E-state index contributed by atoms with van der Waals surface area (Å²) in [6.07, 6.45) is 0. The van der Waals surface area contributed by atoms with Gasteiger partial charge in [0.25, 0.3) is 0 Å². The molecule has 0 bridgehead atoms. The molecule has 2 aromatic rings. The average Bonchev–Trinajstić information content (AvgIpc) is 2.85. The number of nitrogens with one attached hydrogen (secondary N) is 1. The third-order valence-electron chi connectivity index (χ3n) is 3.17. The maximum absolute atomic E-state index is 5.26. The number of hydrogen-bond acceptors (Lipinski definition) is 4. The van der Waals surface area contributed by atoms with Crippen molar-refractivity contribution in [2.75, 3.05) is 7.11 Å². The molecule has 0 spiro atoms. The number of hydrogen-bond donors (Lipinski definition) is 1. The van der Waals surface area contributed by atoms with Crippen molar-refractivity contribution in [1.29, 1.82) is 0 Å². The molecule has 0 aliphatic heterocycles. The lowest BCUT2D eigenvalue weighted by Gasteiger charge is -2.19. The first-order valence-corrected chi connectivity index (χ1v) is 7.30. The second kappa shape index (κ2) is 6.17. The molecule has 102 valence electrons. The SMILES string of the molecule is COc1cccc(C(C)NC(C)c2csc(C)n2)c1. The maximum Gasteiger partial charge on any atom is 0.119 e. The smallest absolute Gasteiger partial charge is 0.119 e. The summed E-state index contributed by atoms with van der Waals surface area (Å²) in [6.45, 7) is 6.34. The Kier molecular flexibility index (Phi) is 4.56. The van der Waals surface area contributed by atoms with E-state index >= 15 is 0 Å². The fraction of sp³-hybridized carbons (Fsp3) is 0.400. The zero-order valence-electron chi connectivity index (χ0n) is 11.8. The number of nitrogens with zero attached hydrogens (tertiary/aromatic N) is 1. The molecule has 0 amide bonds. The van der Waals surface area contributed by atoms with Crippen molar-refractivity contribution >= 4 is 11.3 Å². The molecule has 0 fully saturated rings. The van der Waals surface area contributed by atoms with Gasteiger partial charge < -0.3 is 10.1 Å². The molecule has 1 heterocycles. The summed E-state index contributed by atoms with van der Waals surface area (Å²) in [5, 5.41) is 6.79. The van der Waals surface area contributed by atoms with E-state index in [0.29, 0.717) is 0 Å². The van der Waals surface area contributed by atoms with Crippen molar-refractivity contribution in [1.82, 2.24) is 10.3 Å². The van der Waals surface area contributed by atoms with Crippen molar-refractivity contribution in [2.45, 2.75) is 32.9 Å². The van der Waals surface area contributed by atoms with Crippen LogP contribution in [0.4, 0.5) is 0 Å². The summed E-state index contributed by atoms with van der Waals surface area (Å²) in [6, 6.07) is 8.65. The lowest BCUT2D eigenvalue weighted by Crippen LogP contribution is -2.22. The highest BCUT2D eigenvalue weighted by Gasteiger charge is 2.13. The van der Waals surface area contributed by atoms with Crippen molar-refractivity contribution < 1.29 is 4.74 Å². The lowest BCUT2D eigenvalue weighted by molar-refractivity contribution is 0.412. The molecule has 2 atom stereocenters. The standard InChI is InChI=1S/C15H20N2OS/c1-10(13-6-5-7-14(8-13)18-4)16-11(2)15-9-19-12(3)17-15/h5-11,16H,1-4H3. The van der Waals surface area contributed by atoms with Crippen LogP contribution in [0.15, 0.2) is 29.6 Å². The van der Waals surface area contributed by atoms with E-state index in [0.717, 1.165) is 16.5 Å². The minimum Gasteiger partial charge on any atom is -0.497 e. The van der Waals surface area contributed by atoms with Gasteiger partial charge in [-0.15, -0.1) is 11.3 Å². The highest BCUT2D eigenvalue weighted by Crippen LogP contribution is 2.23. The van der Waals surface area contributed by atoms with Crippen LogP contribution in [0.5, 0.6) is 5.75 Å². The molecule has 2 unspecified atom stereocenters. The van der Waals surface area contributed by atoms with Gasteiger partial charge in [-0.2, -0.15) is 0 Å². The molecule has 0 aliphatic carbocycles. The molecule has 4 heteroatoms. The fourth-order valence-corrected chi connectivity index (χ4v) is 2.75. The van der Waals surface area contributed by atoms with Gasteiger partial charge in [0.2, 0.25) is 0 Å². The lowest BCUT2D eigenvalue weighted by atomic mass is 10.1. The van der Waals surface area contributed by atoms with Gasteiger partial charge in [0.1, 0.15) is 5.75 Å². The Labute approximate surface area is 118 Å². The Balaban J connectivity index is 2.05. The Hall–Kier alpha value is -1.39. The summed E-state index contributed by atoms with van der Waals surface area (Å²) in [5.74, 6) is 0.892. The predicted octanol–water partition coefficient (Wildman–Crippen LogP) is 3.87. The number of methoxy groups -OCH3 is 1. The van der Waals surface area contributed by atoms with Crippen LogP contribution in [-0.2, 0) is 0 Å². The Morgan fingerprint density at radius 1 is 1.26 bits per heavy atom. The maximum atomic E-state index is 5.26. The van der Waals surface area contributed by atoms with Gasteiger partial charge in [-0.3, -0.25) is 0 Å². The van der Waals surface area contributed by atoms with Crippen LogP contribution in [-0.4, -0.2) is 12.1 Å². The van der Waals surface area contributed by atoms with E-state index in [1.54, 1.807) is 18.4 Å². The summed E-state index contributed by atoms with van der Waals surface area (Å²) >= 11 is 1.69. The molecule has 3 nitrogen and oxygen atoms in total. The zero-order chi connectivity index (χ0) is 13.8. The van der Waals surface area contributed by atoms with Gasteiger partial charge in [-0.1, -0.05) is 12.1 Å². The van der Waals surface area contributed by atoms with Crippen LogP contribution >= 0.6 is 11.3 Å². The molecule has 1 aromatic carbocycles. The van der Waals surface area contributed by atoms with Crippen molar-refractivity contribution in [3.05, 3.63) is 45.9 Å². The summed E-state index contributed by atoms with van der Waals surface area (Å²) in [5.41, 5.74) is 2.33. The first kappa shape index (κ1) is 14.0. The Morgan fingerprint density at radius 3 is 2.68 bits per heavy atom. The van der Waals surface area contributed by atoms with Gasteiger partial charge in [-0.25, -0.2) is 4.98 Å². The van der Waals surface area contributed by atoms with Crippen LogP contribution in [0.2, 0.25) is 0 Å². The highest BCUT2D eigenvalue weighted by molar-refractivity contribution is 7.09. The molecule has 0 radical (unpaired) electrons. The quantitative estimate of drug-likeness (QED) is 0.900. The topological polar surface area (TPSA) is 34.1 Å².